The van der Waals surface area contributed by atoms with Gasteiger partial charge in [-0.2, -0.15) is 4.72 Å². The summed E-state index contributed by atoms with van der Waals surface area (Å²) in [6.45, 7) is 13.7. The smallest absolute Gasteiger partial charge is 0.407 e. The first-order valence-electron chi connectivity index (χ1n) is 14.6. The molecule has 1 saturated heterocycles. The van der Waals surface area contributed by atoms with Crippen LogP contribution in [0, 0.1) is 6.92 Å². The van der Waals surface area contributed by atoms with Crippen LogP contribution in [-0.4, -0.2) is 94.0 Å². The average Bonchev–Trinajstić information content (AvgIpc) is 2.95. The van der Waals surface area contributed by atoms with Crippen LogP contribution in [0.15, 0.2) is 29.2 Å². The summed E-state index contributed by atoms with van der Waals surface area (Å²) in [5.41, 5.74) is -1.80. The molecular formula is C27H50N2O10S2Si2. The van der Waals surface area contributed by atoms with Crippen LogP contribution in [0.5, 0.6) is 0 Å². The van der Waals surface area contributed by atoms with Gasteiger partial charge in [-0.1, -0.05) is 58.6 Å². The van der Waals surface area contributed by atoms with E-state index in [0.717, 1.165) is 0 Å². The predicted molar refractivity (Wildman–Crippen MR) is 170 cm³/mol. The number of methoxy groups -OCH3 is 2. The standard InChI is InChI=1S/C27H50N2O10S2Si2/c1-10-43(11-2,12-3)39-23-21(28-26(31)36-5)19-27(37-6,29-40(32,33)17-18-42(7,8)9)38-24(23)25(30)41(34,35)22-16-14-13-15-20(22)4/h13-16,21,23-25,29-30H,10-12,17-19H2,1-9H3,(H,28,31)/t21-,23-,24-,25?,27+/m0/s1. The van der Waals surface area contributed by atoms with E-state index >= 15 is 0 Å². The van der Waals surface area contributed by atoms with E-state index in [-0.39, 0.29) is 17.1 Å². The van der Waals surface area contributed by atoms with Crippen molar-refractivity contribution in [2.24, 2.45) is 0 Å². The van der Waals surface area contributed by atoms with Crippen molar-refractivity contribution in [2.45, 2.75) is 112 Å². The number of nitrogens with one attached hydrogen (secondary N) is 2. The summed E-state index contributed by atoms with van der Waals surface area (Å²) in [5.74, 6) is -2.34. The maximum absolute atomic E-state index is 13.9. The van der Waals surface area contributed by atoms with E-state index in [1.165, 1.54) is 20.3 Å². The van der Waals surface area contributed by atoms with Gasteiger partial charge in [0.15, 0.2) is 13.8 Å². The highest BCUT2D eigenvalue weighted by molar-refractivity contribution is 7.92. The Labute approximate surface area is 259 Å². The number of aliphatic hydroxyl groups excluding tert-OH is 1. The Morgan fingerprint density at radius 3 is 2.16 bits per heavy atom. The Morgan fingerprint density at radius 2 is 1.67 bits per heavy atom. The zero-order valence-electron chi connectivity index (χ0n) is 26.8. The van der Waals surface area contributed by atoms with Crippen LogP contribution in [0.2, 0.25) is 43.8 Å². The molecule has 1 unspecified atom stereocenters. The summed E-state index contributed by atoms with van der Waals surface area (Å²) in [4.78, 5) is 12.4. The predicted octanol–water partition coefficient (Wildman–Crippen LogP) is 3.55. The van der Waals surface area contributed by atoms with Gasteiger partial charge in [-0.05, 0) is 42.7 Å². The number of aliphatic hydroxyl groups is 1. The lowest BCUT2D eigenvalue weighted by molar-refractivity contribution is -0.306. The van der Waals surface area contributed by atoms with Crippen molar-refractivity contribution in [3.63, 3.8) is 0 Å². The lowest BCUT2D eigenvalue weighted by atomic mass is 9.97. The molecule has 1 aromatic rings. The van der Waals surface area contributed by atoms with Gasteiger partial charge in [-0.15, -0.1) is 0 Å². The molecule has 5 atom stereocenters. The summed E-state index contributed by atoms with van der Waals surface area (Å²) in [7, 11) is -10.4. The summed E-state index contributed by atoms with van der Waals surface area (Å²) < 4.78 is 80.3. The molecule has 0 saturated carbocycles. The SMILES string of the molecule is CC[Si](CC)(CC)O[C@H]1[C@@H](NC(=O)OC)C[C@@](NS(=O)(=O)CC[Si](C)(C)C)(OC)O[C@@H]1C(O)S(=O)(=O)c1ccccc1C. The number of alkyl carbamates (subject to hydrolysis) is 1. The summed E-state index contributed by atoms with van der Waals surface area (Å²) in [6.07, 6.45) is -3.99. The number of carbonyl (C=O) groups is 1. The van der Waals surface area contributed by atoms with Gasteiger partial charge in [0, 0.05) is 21.6 Å². The third-order valence-corrected chi connectivity index (χ3v) is 18.2. The molecule has 1 amide bonds. The van der Waals surface area contributed by atoms with E-state index in [1.807, 2.05) is 40.4 Å². The number of rotatable bonds is 15. The van der Waals surface area contributed by atoms with Crippen LogP contribution in [0.4, 0.5) is 4.79 Å². The number of benzene rings is 1. The van der Waals surface area contributed by atoms with Crippen molar-refractivity contribution in [3.8, 4) is 0 Å². The highest BCUT2D eigenvalue weighted by Gasteiger charge is 2.56. The molecule has 0 bridgehead atoms. The summed E-state index contributed by atoms with van der Waals surface area (Å²) in [6, 6.07) is 7.60. The number of sulfonamides is 1. The molecule has 16 heteroatoms. The molecule has 1 aliphatic rings. The van der Waals surface area contributed by atoms with Gasteiger partial charge in [-0.25, -0.2) is 21.6 Å². The van der Waals surface area contributed by atoms with Gasteiger partial charge in [0.05, 0.1) is 29.9 Å². The van der Waals surface area contributed by atoms with Crippen molar-refractivity contribution < 1.29 is 45.4 Å². The molecular weight excluding hydrogens is 633 g/mol. The van der Waals surface area contributed by atoms with Gasteiger partial charge in [0.1, 0.15) is 6.10 Å². The largest absolute Gasteiger partial charge is 0.453 e. The van der Waals surface area contributed by atoms with Crippen LogP contribution in [0.25, 0.3) is 0 Å². The average molecular weight is 683 g/mol. The second kappa shape index (κ2) is 14.8. The van der Waals surface area contributed by atoms with E-state index in [9.17, 15) is 26.7 Å². The van der Waals surface area contributed by atoms with Gasteiger partial charge >= 0.3 is 6.09 Å². The number of amides is 1. The van der Waals surface area contributed by atoms with Gasteiger partial charge < -0.3 is 29.1 Å². The van der Waals surface area contributed by atoms with Crippen LogP contribution < -0.4 is 10.0 Å². The number of hydrogen-bond donors (Lipinski definition) is 3. The minimum absolute atomic E-state index is 0.114. The Kier molecular flexibility index (Phi) is 13.0. The second-order valence-corrected chi connectivity index (χ2v) is 26.4. The van der Waals surface area contributed by atoms with Crippen LogP contribution in [-0.2, 0) is 38.5 Å². The Bertz CT molecular complexity index is 1290. The molecule has 3 N–H and O–H groups in total. The molecule has 1 fully saturated rings. The van der Waals surface area contributed by atoms with Crippen molar-refractivity contribution >= 4 is 42.3 Å². The van der Waals surface area contributed by atoms with Gasteiger partial charge in [-0.3, -0.25) is 0 Å². The summed E-state index contributed by atoms with van der Waals surface area (Å²) >= 11 is 0. The Morgan fingerprint density at radius 1 is 1.09 bits per heavy atom. The zero-order valence-corrected chi connectivity index (χ0v) is 30.4. The quantitative estimate of drug-likeness (QED) is 0.184. The monoisotopic (exact) mass is 682 g/mol. The lowest BCUT2D eigenvalue weighted by Crippen LogP contribution is -2.70. The van der Waals surface area contributed by atoms with Crippen molar-refractivity contribution in [3.05, 3.63) is 29.8 Å². The van der Waals surface area contributed by atoms with E-state index in [1.54, 1.807) is 25.1 Å². The van der Waals surface area contributed by atoms with Crippen molar-refractivity contribution in [1.82, 2.24) is 10.0 Å². The fourth-order valence-electron chi connectivity index (χ4n) is 5.12. The van der Waals surface area contributed by atoms with Gasteiger partial charge in [0.2, 0.25) is 25.8 Å². The van der Waals surface area contributed by atoms with Crippen molar-refractivity contribution in [1.29, 1.82) is 0 Å². The first kappa shape index (κ1) is 37.8. The maximum Gasteiger partial charge on any atom is 0.407 e. The third kappa shape index (κ3) is 9.56. The molecule has 0 spiro atoms. The lowest BCUT2D eigenvalue weighted by Gasteiger charge is -2.50. The molecule has 1 aromatic carbocycles. The van der Waals surface area contributed by atoms with E-state index in [2.05, 4.69) is 10.0 Å². The topological polar surface area (TPSA) is 167 Å². The molecule has 12 nitrogen and oxygen atoms in total. The number of aryl methyl sites for hydroxylation is 1. The second-order valence-electron chi connectivity index (χ2n) is 12.2. The fraction of sp³-hybridized carbons (Fsp3) is 0.741. The molecule has 0 aliphatic carbocycles. The number of sulfone groups is 1. The minimum Gasteiger partial charge on any atom is -0.453 e. The highest BCUT2D eigenvalue weighted by Crippen LogP contribution is 2.38. The van der Waals surface area contributed by atoms with Crippen LogP contribution in [0.3, 0.4) is 0 Å². The molecule has 0 radical (unpaired) electrons. The fourth-order valence-corrected chi connectivity index (χ4v) is 13.9. The number of ether oxygens (including phenoxy) is 3. The molecule has 248 valence electrons. The molecule has 2 rings (SSSR count). The van der Waals surface area contributed by atoms with E-state index in [0.29, 0.717) is 29.7 Å². The Hall–Kier alpha value is -1.38. The number of carbonyl (C=O) groups excluding carboxylic acids is 1. The maximum atomic E-state index is 13.9. The summed E-state index contributed by atoms with van der Waals surface area (Å²) in [5, 5.41) is 14.3. The normalized spacial score (nSPS) is 24.4. The first-order valence-corrected chi connectivity index (χ1v) is 24.0. The van der Waals surface area contributed by atoms with E-state index in [4.69, 9.17) is 18.6 Å². The van der Waals surface area contributed by atoms with Gasteiger partial charge in [0.25, 0.3) is 0 Å². The molecule has 0 aromatic heterocycles. The molecule has 43 heavy (non-hydrogen) atoms. The zero-order chi connectivity index (χ0) is 32.9. The molecule has 1 aliphatic heterocycles. The first-order chi connectivity index (χ1) is 19.8. The number of hydrogen-bond acceptors (Lipinski definition) is 10. The Balaban J connectivity index is 2.74. The van der Waals surface area contributed by atoms with Crippen LogP contribution >= 0.6 is 0 Å². The molecule has 1 heterocycles. The highest BCUT2D eigenvalue weighted by atomic mass is 32.2. The minimum atomic E-state index is -4.47. The third-order valence-electron chi connectivity index (χ3n) is 8.10. The van der Waals surface area contributed by atoms with Crippen molar-refractivity contribution in [2.75, 3.05) is 20.0 Å². The van der Waals surface area contributed by atoms with E-state index < -0.39 is 71.9 Å². The van der Waals surface area contributed by atoms with Crippen LogP contribution in [0.1, 0.15) is 32.8 Å².